The van der Waals surface area contributed by atoms with Crippen molar-refractivity contribution in [3.05, 3.63) is 12.2 Å². The Morgan fingerprint density at radius 3 is 2.78 bits per heavy atom. The summed E-state index contributed by atoms with van der Waals surface area (Å²) < 4.78 is 22.0. The Balaban J connectivity index is 1.57. The molecule has 0 unspecified atom stereocenters. The van der Waals surface area contributed by atoms with Gasteiger partial charge in [-0.1, -0.05) is 26.0 Å². The second-order valence-electron chi connectivity index (χ2n) is 9.79. The molecule has 3 aliphatic rings. The van der Waals surface area contributed by atoms with Gasteiger partial charge >= 0.3 is 6.09 Å². The summed E-state index contributed by atoms with van der Waals surface area (Å²) in [5.74, 6) is -0.675. The predicted molar refractivity (Wildman–Crippen MR) is 120 cm³/mol. The average molecular weight is 450 g/mol. The van der Waals surface area contributed by atoms with Crippen LogP contribution in [0.15, 0.2) is 12.2 Å². The molecule has 0 radical (unpaired) electrons. The molecule has 1 saturated carbocycles. The standard InChI is InChI=1S/C24H37N3O5/c1-15(2)8-21(23(30)26-20(13-28)12-19-6-7-25-22(19)29)27-24(31)32-14-18-10-16-4-3-5-17(9-16)11-18/h3-4,13,15-21H,5-12,14H2,1-2H3,(H,25,29)(H,26,30)(H,27,31)/t16-,17+,18-,19+,20+,21+/m1/s1/i14D2. The van der Waals surface area contributed by atoms with E-state index in [0.717, 1.165) is 12.8 Å². The number of rotatable bonds is 10. The number of aldehydes is 1. The van der Waals surface area contributed by atoms with Gasteiger partial charge in [-0.15, -0.1) is 0 Å². The third-order valence-corrected chi connectivity index (χ3v) is 6.55. The second-order valence-corrected chi connectivity index (χ2v) is 9.79. The van der Waals surface area contributed by atoms with Gasteiger partial charge in [0.05, 0.1) is 15.3 Å². The lowest BCUT2D eigenvalue weighted by molar-refractivity contribution is -0.127. The first-order valence-electron chi connectivity index (χ1n) is 12.8. The highest BCUT2D eigenvalue weighted by Gasteiger charge is 2.32. The van der Waals surface area contributed by atoms with Crippen molar-refractivity contribution in [1.82, 2.24) is 16.0 Å². The van der Waals surface area contributed by atoms with Gasteiger partial charge in [0, 0.05) is 12.5 Å². The van der Waals surface area contributed by atoms with Crippen LogP contribution in [0.2, 0.25) is 0 Å². The number of amides is 3. The molecule has 2 bridgehead atoms. The SMILES string of the molecule is [2H]C([2H])(OC(=O)N[C@@H](CC(C)C)C(=O)N[C@H](C=O)C[C@@H]1CCNC1=O)[C@@H]1C[C@@H]2C=CC[C@@H](C2)C1. The molecule has 0 spiro atoms. The highest BCUT2D eigenvalue weighted by atomic mass is 16.5. The van der Waals surface area contributed by atoms with Gasteiger partial charge in [0.2, 0.25) is 11.8 Å². The summed E-state index contributed by atoms with van der Waals surface area (Å²) in [6.45, 7) is 2.18. The average Bonchev–Trinajstić information content (AvgIpc) is 3.16. The van der Waals surface area contributed by atoms with E-state index in [1.807, 2.05) is 13.8 Å². The number of hydrogen-bond donors (Lipinski definition) is 3. The molecule has 178 valence electrons. The van der Waals surface area contributed by atoms with Crippen molar-refractivity contribution in [3.8, 4) is 0 Å². The summed E-state index contributed by atoms with van der Waals surface area (Å²) in [6.07, 6.45) is 8.23. The van der Waals surface area contributed by atoms with Crippen LogP contribution < -0.4 is 16.0 Å². The number of nitrogens with one attached hydrogen (secondary N) is 3. The van der Waals surface area contributed by atoms with Crippen LogP contribution in [-0.2, 0) is 19.1 Å². The maximum absolute atomic E-state index is 12.9. The number of carbonyl (C=O) groups is 4. The first kappa shape index (κ1) is 21.5. The van der Waals surface area contributed by atoms with Crippen molar-refractivity contribution in [2.75, 3.05) is 13.1 Å². The molecule has 3 amide bonds. The molecule has 8 heteroatoms. The number of carbonyl (C=O) groups excluding carboxylic acids is 4. The minimum Gasteiger partial charge on any atom is -0.449 e. The predicted octanol–water partition coefficient (Wildman–Crippen LogP) is 2.33. The summed E-state index contributed by atoms with van der Waals surface area (Å²) in [5.41, 5.74) is 0. The monoisotopic (exact) mass is 449 g/mol. The smallest absolute Gasteiger partial charge is 0.407 e. The molecule has 1 heterocycles. The zero-order valence-corrected chi connectivity index (χ0v) is 19.0. The topological polar surface area (TPSA) is 114 Å². The lowest BCUT2D eigenvalue weighted by atomic mass is 9.71. The van der Waals surface area contributed by atoms with E-state index >= 15 is 0 Å². The van der Waals surface area contributed by atoms with E-state index in [9.17, 15) is 19.2 Å². The quantitative estimate of drug-likeness (QED) is 0.350. The van der Waals surface area contributed by atoms with Crippen molar-refractivity contribution in [2.24, 2.45) is 29.6 Å². The largest absolute Gasteiger partial charge is 0.449 e. The van der Waals surface area contributed by atoms with Crippen LogP contribution in [0.4, 0.5) is 4.79 Å². The van der Waals surface area contributed by atoms with Crippen LogP contribution in [0.3, 0.4) is 0 Å². The molecule has 3 N–H and O–H groups in total. The third kappa shape index (κ3) is 7.07. The molecule has 0 aromatic heterocycles. The van der Waals surface area contributed by atoms with Gasteiger partial charge in [0.15, 0.2) is 0 Å². The van der Waals surface area contributed by atoms with Crippen LogP contribution in [0.5, 0.6) is 0 Å². The van der Waals surface area contributed by atoms with E-state index < -0.39 is 36.6 Å². The maximum Gasteiger partial charge on any atom is 0.407 e. The number of alkyl carbamates (subject to hydrolysis) is 1. The lowest BCUT2D eigenvalue weighted by Crippen LogP contribution is -2.51. The minimum absolute atomic E-state index is 0.0487. The first-order valence-corrected chi connectivity index (χ1v) is 11.8. The molecule has 8 nitrogen and oxygen atoms in total. The highest BCUT2D eigenvalue weighted by Crippen LogP contribution is 2.39. The van der Waals surface area contributed by atoms with Crippen LogP contribution in [0, 0.1) is 29.6 Å². The molecule has 2 fully saturated rings. The molecule has 1 saturated heterocycles. The molecule has 1 aliphatic heterocycles. The third-order valence-electron chi connectivity index (χ3n) is 6.55. The molecular formula is C24H37N3O5. The second kappa shape index (κ2) is 11.5. The number of allylic oxidation sites excluding steroid dienone is 2. The lowest BCUT2D eigenvalue weighted by Gasteiger charge is -2.35. The van der Waals surface area contributed by atoms with Gasteiger partial charge in [-0.2, -0.15) is 0 Å². The minimum atomic E-state index is -2.15. The van der Waals surface area contributed by atoms with Crippen LogP contribution in [0.25, 0.3) is 0 Å². The van der Waals surface area contributed by atoms with Gasteiger partial charge in [-0.05, 0) is 68.6 Å². The van der Waals surface area contributed by atoms with E-state index in [4.69, 9.17) is 7.48 Å². The summed E-state index contributed by atoms with van der Waals surface area (Å²) in [6, 6.07) is -1.84. The van der Waals surface area contributed by atoms with Crippen molar-refractivity contribution in [2.45, 2.75) is 70.9 Å². The van der Waals surface area contributed by atoms with Crippen molar-refractivity contribution < 1.29 is 26.7 Å². The fourth-order valence-electron chi connectivity index (χ4n) is 5.01. The van der Waals surface area contributed by atoms with E-state index in [1.165, 1.54) is 0 Å². The van der Waals surface area contributed by atoms with Gasteiger partial charge in [-0.3, -0.25) is 9.59 Å². The van der Waals surface area contributed by atoms with Gasteiger partial charge in [0.1, 0.15) is 12.3 Å². The fourth-order valence-corrected chi connectivity index (χ4v) is 5.01. The Hall–Kier alpha value is -2.38. The van der Waals surface area contributed by atoms with E-state index in [0.29, 0.717) is 43.9 Å². The number of hydrogen-bond acceptors (Lipinski definition) is 5. The normalized spacial score (nSPS) is 29.9. The zero-order valence-electron chi connectivity index (χ0n) is 21.0. The molecule has 32 heavy (non-hydrogen) atoms. The molecule has 0 aromatic rings. The Labute approximate surface area is 193 Å². The Bertz CT molecular complexity index is 803. The molecule has 6 atom stereocenters. The fraction of sp³-hybridized carbons (Fsp3) is 0.750. The summed E-state index contributed by atoms with van der Waals surface area (Å²) >= 11 is 0. The van der Waals surface area contributed by atoms with Gasteiger partial charge in [-0.25, -0.2) is 4.79 Å². The Kier molecular flexibility index (Phi) is 7.70. The molecule has 0 aromatic carbocycles. The first-order chi connectivity index (χ1) is 16.1. The van der Waals surface area contributed by atoms with Crippen molar-refractivity contribution in [1.29, 1.82) is 0 Å². The molecule has 2 aliphatic carbocycles. The van der Waals surface area contributed by atoms with Gasteiger partial charge < -0.3 is 25.5 Å². The molecule has 3 rings (SSSR count). The van der Waals surface area contributed by atoms with E-state index in [2.05, 4.69) is 28.1 Å². The summed E-state index contributed by atoms with van der Waals surface area (Å²) in [4.78, 5) is 48.9. The Morgan fingerprint density at radius 1 is 1.31 bits per heavy atom. The Morgan fingerprint density at radius 2 is 2.12 bits per heavy atom. The highest BCUT2D eigenvalue weighted by molar-refractivity contribution is 5.88. The van der Waals surface area contributed by atoms with Crippen molar-refractivity contribution in [3.63, 3.8) is 0 Å². The molecular weight excluding hydrogens is 410 g/mol. The number of fused-ring (bicyclic) bond motifs is 2. The van der Waals surface area contributed by atoms with E-state index in [-0.39, 0.29) is 30.6 Å². The van der Waals surface area contributed by atoms with Crippen LogP contribution in [0.1, 0.15) is 61.5 Å². The van der Waals surface area contributed by atoms with Crippen LogP contribution in [-0.4, -0.2) is 49.4 Å². The summed E-state index contributed by atoms with van der Waals surface area (Å²) in [7, 11) is 0. The zero-order chi connectivity index (χ0) is 24.9. The van der Waals surface area contributed by atoms with Crippen molar-refractivity contribution >= 4 is 24.2 Å². The van der Waals surface area contributed by atoms with Crippen LogP contribution >= 0.6 is 0 Å². The number of ether oxygens (including phenoxy) is 1. The maximum atomic E-state index is 12.9. The van der Waals surface area contributed by atoms with Gasteiger partial charge in [0.25, 0.3) is 0 Å². The van der Waals surface area contributed by atoms with E-state index in [1.54, 1.807) is 0 Å². The summed E-state index contributed by atoms with van der Waals surface area (Å²) in [5, 5.41) is 7.83.